The summed E-state index contributed by atoms with van der Waals surface area (Å²) in [4.78, 5) is 0. The van der Waals surface area contributed by atoms with Gasteiger partial charge in [-0.15, -0.1) is 0 Å². The first-order valence-corrected chi connectivity index (χ1v) is 14.2. The van der Waals surface area contributed by atoms with Crippen LogP contribution in [0.1, 0.15) is 48.5 Å². The lowest BCUT2D eigenvalue weighted by Gasteiger charge is -2.27. The molecule has 1 atom stereocenters. The second-order valence-corrected chi connectivity index (χ2v) is 10.4. The standard InChI is InChI=1S/C10H22O5Si.C8H20O4Si/c1-4-13-16(14-5-2,15-6-3)9-11-7-10-8-12-10;1-5-9-13(10-6-2,11-7-3)12-8-4/h10H,4-9H2,1-3H3;5-8H2,1-4H3. The van der Waals surface area contributed by atoms with Crippen LogP contribution in [-0.4, -0.2) is 89.6 Å². The van der Waals surface area contributed by atoms with E-state index in [4.69, 9.17) is 40.5 Å². The van der Waals surface area contributed by atoms with Crippen LogP contribution in [0.2, 0.25) is 0 Å². The van der Waals surface area contributed by atoms with Gasteiger partial charge in [0.1, 0.15) is 12.3 Å². The van der Waals surface area contributed by atoms with Crippen LogP contribution in [-0.2, 0) is 40.5 Å². The lowest BCUT2D eigenvalue weighted by Crippen LogP contribution is -2.51. The Morgan fingerprint density at radius 1 is 0.621 bits per heavy atom. The molecule has 1 saturated heterocycles. The summed E-state index contributed by atoms with van der Waals surface area (Å²) in [5.74, 6) is 0. The predicted octanol–water partition coefficient (Wildman–Crippen LogP) is 2.56. The topological polar surface area (TPSA) is 86.4 Å². The molecule has 0 radical (unpaired) electrons. The third-order valence-electron chi connectivity index (χ3n) is 3.36. The molecule has 0 aromatic carbocycles. The lowest BCUT2D eigenvalue weighted by atomic mass is 10.5. The number of epoxide rings is 1. The first kappa shape index (κ1) is 29.1. The highest BCUT2D eigenvalue weighted by Crippen LogP contribution is 2.14. The van der Waals surface area contributed by atoms with Gasteiger partial charge in [0.25, 0.3) is 0 Å². The highest BCUT2D eigenvalue weighted by atomic mass is 28.4. The van der Waals surface area contributed by atoms with Crippen LogP contribution >= 0.6 is 0 Å². The summed E-state index contributed by atoms with van der Waals surface area (Å²) in [6.45, 7) is 18.7. The maximum absolute atomic E-state index is 5.64. The van der Waals surface area contributed by atoms with Gasteiger partial charge in [-0.3, -0.25) is 0 Å². The fraction of sp³-hybridized carbons (Fsp3) is 1.00. The molecule has 1 aliphatic heterocycles. The van der Waals surface area contributed by atoms with E-state index < -0.39 is 17.9 Å². The van der Waals surface area contributed by atoms with Crippen molar-refractivity contribution in [2.75, 3.05) is 65.7 Å². The van der Waals surface area contributed by atoms with E-state index in [1.54, 1.807) is 0 Å². The van der Waals surface area contributed by atoms with Gasteiger partial charge in [0.05, 0.1) is 13.2 Å². The van der Waals surface area contributed by atoms with E-state index in [0.717, 1.165) is 6.61 Å². The molecule has 1 unspecified atom stereocenters. The second kappa shape index (κ2) is 17.7. The summed E-state index contributed by atoms with van der Waals surface area (Å²) in [6.07, 6.45) is 0.666. The largest absolute Gasteiger partial charge is 0.679 e. The van der Waals surface area contributed by atoms with Crippen molar-refractivity contribution in [3.8, 4) is 0 Å². The average Bonchev–Trinajstić information content (AvgIpc) is 3.48. The Morgan fingerprint density at radius 3 is 1.24 bits per heavy atom. The van der Waals surface area contributed by atoms with E-state index >= 15 is 0 Å². The van der Waals surface area contributed by atoms with Crippen LogP contribution in [0.4, 0.5) is 0 Å². The number of hydrogen-bond donors (Lipinski definition) is 0. The van der Waals surface area contributed by atoms with Gasteiger partial charge in [0.15, 0.2) is 0 Å². The molecule has 0 saturated carbocycles. The van der Waals surface area contributed by atoms with Crippen molar-refractivity contribution in [3.63, 3.8) is 0 Å². The van der Waals surface area contributed by atoms with Crippen LogP contribution in [0.3, 0.4) is 0 Å². The molecule has 0 bridgehead atoms. The van der Waals surface area contributed by atoms with E-state index in [1.165, 1.54) is 0 Å². The summed E-state index contributed by atoms with van der Waals surface area (Å²) >= 11 is 0. The Hall–Kier alpha value is 0.0738. The zero-order valence-electron chi connectivity index (χ0n) is 19.3. The van der Waals surface area contributed by atoms with E-state index in [-0.39, 0.29) is 6.10 Å². The molecule has 1 fully saturated rings. The van der Waals surface area contributed by atoms with Crippen molar-refractivity contribution in [3.05, 3.63) is 0 Å². The van der Waals surface area contributed by atoms with Gasteiger partial charge in [-0.2, -0.15) is 0 Å². The Kier molecular flexibility index (Phi) is 17.8. The van der Waals surface area contributed by atoms with Gasteiger partial charge in [-0.1, -0.05) is 0 Å². The first-order chi connectivity index (χ1) is 14.0. The minimum Gasteiger partial charge on any atom is -0.374 e. The van der Waals surface area contributed by atoms with E-state index in [0.29, 0.717) is 59.1 Å². The summed E-state index contributed by atoms with van der Waals surface area (Å²) in [7, 11) is -5.41. The quantitative estimate of drug-likeness (QED) is 0.227. The van der Waals surface area contributed by atoms with Crippen molar-refractivity contribution in [2.45, 2.75) is 54.6 Å². The molecular weight excluding hydrogens is 416 g/mol. The molecule has 0 aromatic rings. The van der Waals surface area contributed by atoms with Gasteiger partial charge >= 0.3 is 17.9 Å². The minimum absolute atomic E-state index is 0.261. The van der Waals surface area contributed by atoms with Crippen LogP contribution in [0, 0.1) is 0 Å². The third kappa shape index (κ3) is 13.2. The molecule has 1 aliphatic rings. The van der Waals surface area contributed by atoms with Gasteiger partial charge in [-0.25, -0.2) is 0 Å². The van der Waals surface area contributed by atoms with Gasteiger partial charge < -0.3 is 40.5 Å². The Labute approximate surface area is 179 Å². The smallest absolute Gasteiger partial charge is 0.374 e. The monoisotopic (exact) mass is 458 g/mol. The van der Waals surface area contributed by atoms with Crippen molar-refractivity contribution in [2.24, 2.45) is 0 Å². The summed E-state index contributed by atoms with van der Waals surface area (Å²) < 4.78 is 49.2. The first-order valence-electron chi connectivity index (χ1n) is 10.7. The maximum Gasteiger partial charge on any atom is 0.679 e. The predicted molar refractivity (Wildman–Crippen MR) is 113 cm³/mol. The lowest BCUT2D eigenvalue weighted by molar-refractivity contribution is -0.0247. The Balaban J connectivity index is 0.000000555. The molecule has 29 heavy (non-hydrogen) atoms. The van der Waals surface area contributed by atoms with Crippen molar-refractivity contribution in [1.82, 2.24) is 0 Å². The molecular formula is C18H42O9Si2. The van der Waals surface area contributed by atoms with Crippen LogP contribution in [0.5, 0.6) is 0 Å². The van der Waals surface area contributed by atoms with Crippen molar-refractivity contribution >= 4 is 17.9 Å². The molecule has 9 nitrogen and oxygen atoms in total. The molecule has 0 N–H and O–H groups in total. The Bertz CT molecular complexity index is 327. The van der Waals surface area contributed by atoms with E-state index in [2.05, 4.69) is 0 Å². The van der Waals surface area contributed by atoms with E-state index in [1.807, 2.05) is 48.5 Å². The molecule has 0 spiro atoms. The van der Waals surface area contributed by atoms with Gasteiger partial charge in [0, 0.05) is 46.2 Å². The molecule has 0 aromatic heterocycles. The van der Waals surface area contributed by atoms with Crippen LogP contribution in [0.25, 0.3) is 0 Å². The fourth-order valence-corrected chi connectivity index (χ4v) is 6.45. The molecule has 11 heteroatoms. The Morgan fingerprint density at radius 2 is 0.966 bits per heavy atom. The van der Waals surface area contributed by atoms with Crippen LogP contribution in [0.15, 0.2) is 0 Å². The zero-order valence-corrected chi connectivity index (χ0v) is 21.3. The highest BCUT2D eigenvalue weighted by molar-refractivity contribution is 6.60. The number of hydrogen-bond acceptors (Lipinski definition) is 9. The van der Waals surface area contributed by atoms with Crippen molar-refractivity contribution in [1.29, 1.82) is 0 Å². The van der Waals surface area contributed by atoms with Crippen molar-refractivity contribution < 1.29 is 40.5 Å². The minimum atomic E-state index is -2.80. The molecule has 1 rings (SSSR count). The summed E-state index contributed by atoms with van der Waals surface area (Å²) in [6, 6.07) is 0. The molecule has 1 heterocycles. The normalized spacial score (nSPS) is 16.4. The molecule has 0 aliphatic carbocycles. The number of ether oxygens (including phenoxy) is 2. The summed E-state index contributed by atoms with van der Waals surface area (Å²) in [5, 5.41) is 0. The molecule has 176 valence electrons. The van der Waals surface area contributed by atoms with Crippen LogP contribution < -0.4 is 0 Å². The zero-order chi connectivity index (χ0) is 22.0. The third-order valence-corrected chi connectivity index (χ3v) is 8.67. The fourth-order valence-electron chi connectivity index (χ4n) is 2.35. The van der Waals surface area contributed by atoms with E-state index in [9.17, 15) is 0 Å². The molecule has 0 amide bonds. The highest BCUT2D eigenvalue weighted by Gasteiger charge is 2.44. The maximum atomic E-state index is 5.64. The summed E-state index contributed by atoms with van der Waals surface area (Å²) in [5.41, 5.74) is 0. The van der Waals surface area contributed by atoms with Gasteiger partial charge in [0.2, 0.25) is 0 Å². The average molecular weight is 459 g/mol. The SMILES string of the molecule is CCO[Si](COCC1CO1)(OCC)OCC.CCO[Si](OCC)(OCC)OCC. The second-order valence-electron chi connectivity index (χ2n) is 5.68. The number of rotatable bonds is 18. The van der Waals surface area contributed by atoms with Gasteiger partial charge in [-0.05, 0) is 48.5 Å².